The number of carbonyl (C=O) groups is 1. The standard InChI is InChI=1S/C19H22N4O2/c1-14-3-2-4-16-15(14)6-8-23(16)19(24)13-17-20-7-5-18(21-17)22-9-11-25-12-10-22/h2-5,7H,6,8-13H2,1H3. The van der Waals surface area contributed by atoms with Gasteiger partial charge in [-0.3, -0.25) is 4.79 Å². The molecule has 6 nitrogen and oxygen atoms in total. The van der Waals surface area contributed by atoms with Crippen LogP contribution in [-0.2, 0) is 22.4 Å². The van der Waals surface area contributed by atoms with Crippen LogP contribution in [0.5, 0.6) is 0 Å². The average Bonchev–Trinajstić information content (AvgIpc) is 3.08. The van der Waals surface area contributed by atoms with E-state index >= 15 is 0 Å². The number of rotatable bonds is 3. The molecule has 25 heavy (non-hydrogen) atoms. The summed E-state index contributed by atoms with van der Waals surface area (Å²) in [6.07, 6.45) is 2.89. The topological polar surface area (TPSA) is 58.6 Å². The van der Waals surface area contributed by atoms with Gasteiger partial charge in [-0.2, -0.15) is 0 Å². The largest absolute Gasteiger partial charge is 0.378 e. The molecule has 1 fully saturated rings. The quantitative estimate of drug-likeness (QED) is 0.853. The molecule has 130 valence electrons. The van der Waals surface area contributed by atoms with Gasteiger partial charge >= 0.3 is 0 Å². The zero-order valence-electron chi connectivity index (χ0n) is 14.4. The Bertz CT molecular complexity index is 787. The summed E-state index contributed by atoms with van der Waals surface area (Å²) < 4.78 is 5.38. The second kappa shape index (κ2) is 6.80. The third kappa shape index (κ3) is 3.22. The number of fused-ring (bicyclic) bond motifs is 1. The molecular weight excluding hydrogens is 316 g/mol. The Morgan fingerprint density at radius 2 is 2.04 bits per heavy atom. The predicted octanol–water partition coefficient (Wildman–Crippen LogP) is 1.75. The fourth-order valence-electron chi connectivity index (χ4n) is 3.54. The summed E-state index contributed by atoms with van der Waals surface area (Å²) in [6, 6.07) is 8.03. The summed E-state index contributed by atoms with van der Waals surface area (Å²) in [5.41, 5.74) is 3.56. The third-order valence-electron chi connectivity index (χ3n) is 4.90. The predicted molar refractivity (Wildman–Crippen MR) is 96.0 cm³/mol. The summed E-state index contributed by atoms with van der Waals surface area (Å²) in [7, 11) is 0. The van der Waals surface area contributed by atoms with E-state index in [9.17, 15) is 4.79 Å². The molecular formula is C19H22N4O2. The first-order valence-corrected chi connectivity index (χ1v) is 8.76. The number of ether oxygens (including phenoxy) is 1. The van der Waals surface area contributed by atoms with Gasteiger partial charge in [-0.25, -0.2) is 9.97 Å². The fraction of sp³-hybridized carbons (Fsp3) is 0.421. The number of aryl methyl sites for hydroxylation is 1. The van der Waals surface area contributed by atoms with Crippen LogP contribution in [0.3, 0.4) is 0 Å². The van der Waals surface area contributed by atoms with Crippen LogP contribution in [-0.4, -0.2) is 48.7 Å². The van der Waals surface area contributed by atoms with E-state index < -0.39 is 0 Å². The lowest BCUT2D eigenvalue weighted by atomic mass is 10.1. The molecule has 1 saturated heterocycles. The molecule has 2 aromatic rings. The maximum atomic E-state index is 12.8. The van der Waals surface area contributed by atoms with Gasteiger partial charge in [-0.15, -0.1) is 0 Å². The fourth-order valence-corrected chi connectivity index (χ4v) is 3.54. The number of hydrogen-bond donors (Lipinski definition) is 0. The number of morpholine rings is 1. The van der Waals surface area contributed by atoms with Crippen molar-refractivity contribution in [2.45, 2.75) is 19.8 Å². The highest BCUT2D eigenvalue weighted by atomic mass is 16.5. The minimum Gasteiger partial charge on any atom is -0.378 e. The number of anilines is 2. The highest BCUT2D eigenvalue weighted by Gasteiger charge is 2.26. The van der Waals surface area contributed by atoms with Crippen molar-refractivity contribution in [1.29, 1.82) is 0 Å². The lowest BCUT2D eigenvalue weighted by Crippen LogP contribution is -2.37. The number of benzene rings is 1. The number of carbonyl (C=O) groups excluding carboxylic acids is 1. The summed E-state index contributed by atoms with van der Waals surface area (Å²) in [5, 5.41) is 0. The Balaban J connectivity index is 1.50. The van der Waals surface area contributed by atoms with Crippen LogP contribution in [0.15, 0.2) is 30.5 Å². The van der Waals surface area contributed by atoms with Crippen LogP contribution in [0.25, 0.3) is 0 Å². The van der Waals surface area contributed by atoms with Gasteiger partial charge in [0.2, 0.25) is 5.91 Å². The molecule has 0 radical (unpaired) electrons. The minimum absolute atomic E-state index is 0.0588. The van der Waals surface area contributed by atoms with E-state index in [-0.39, 0.29) is 12.3 Å². The Morgan fingerprint density at radius 1 is 1.20 bits per heavy atom. The lowest BCUT2D eigenvalue weighted by molar-refractivity contribution is -0.118. The van der Waals surface area contributed by atoms with E-state index in [0.29, 0.717) is 19.0 Å². The van der Waals surface area contributed by atoms with Crippen molar-refractivity contribution in [2.24, 2.45) is 0 Å². The van der Waals surface area contributed by atoms with Crippen molar-refractivity contribution < 1.29 is 9.53 Å². The molecule has 0 saturated carbocycles. The molecule has 0 spiro atoms. The molecule has 3 heterocycles. The summed E-state index contributed by atoms with van der Waals surface area (Å²) >= 11 is 0. The van der Waals surface area contributed by atoms with Gasteiger partial charge in [0, 0.05) is 31.5 Å². The molecule has 0 aliphatic carbocycles. The minimum atomic E-state index is 0.0588. The van der Waals surface area contributed by atoms with E-state index in [1.807, 2.05) is 23.1 Å². The number of nitrogens with zero attached hydrogens (tertiary/aromatic N) is 4. The van der Waals surface area contributed by atoms with Gasteiger partial charge in [0.15, 0.2) is 0 Å². The van der Waals surface area contributed by atoms with Crippen molar-refractivity contribution in [3.05, 3.63) is 47.4 Å². The first kappa shape index (κ1) is 16.0. The second-order valence-corrected chi connectivity index (χ2v) is 6.48. The number of hydrogen-bond acceptors (Lipinski definition) is 5. The van der Waals surface area contributed by atoms with Gasteiger partial charge in [0.1, 0.15) is 11.6 Å². The maximum Gasteiger partial charge on any atom is 0.234 e. The molecule has 1 aromatic carbocycles. The van der Waals surface area contributed by atoms with Crippen LogP contribution in [0.4, 0.5) is 11.5 Å². The first-order valence-electron chi connectivity index (χ1n) is 8.76. The van der Waals surface area contributed by atoms with Crippen LogP contribution >= 0.6 is 0 Å². The lowest BCUT2D eigenvalue weighted by Gasteiger charge is -2.27. The summed E-state index contributed by atoms with van der Waals surface area (Å²) in [6.45, 7) is 5.90. The Kier molecular flexibility index (Phi) is 4.36. The van der Waals surface area contributed by atoms with Crippen LogP contribution in [0.1, 0.15) is 17.0 Å². The van der Waals surface area contributed by atoms with Crippen molar-refractivity contribution in [3.8, 4) is 0 Å². The zero-order valence-corrected chi connectivity index (χ0v) is 14.4. The Hall–Kier alpha value is -2.47. The SMILES string of the molecule is Cc1cccc2c1CCN2C(=O)Cc1nccc(N2CCOCC2)n1. The smallest absolute Gasteiger partial charge is 0.234 e. The number of amides is 1. The number of aromatic nitrogens is 2. The van der Waals surface area contributed by atoms with Crippen LogP contribution in [0, 0.1) is 6.92 Å². The van der Waals surface area contributed by atoms with E-state index in [4.69, 9.17) is 4.74 Å². The molecule has 4 rings (SSSR count). The van der Waals surface area contributed by atoms with Crippen molar-refractivity contribution >= 4 is 17.4 Å². The zero-order chi connectivity index (χ0) is 17.2. The first-order chi connectivity index (χ1) is 12.2. The van der Waals surface area contributed by atoms with Crippen LogP contribution in [0.2, 0.25) is 0 Å². The normalized spacial score (nSPS) is 16.8. The Labute approximate surface area is 147 Å². The highest BCUT2D eigenvalue weighted by Crippen LogP contribution is 2.30. The maximum absolute atomic E-state index is 12.8. The van der Waals surface area contributed by atoms with E-state index in [2.05, 4.69) is 27.9 Å². The molecule has 1 amide bonds. The molecule has 1 aromatic heterocycles. The summed E-state index contributed by atoms with van der Waals surface area (Å²) in [4.78, 5) is 25.7. The van der Waals surface area contributed by atoms with Gasteiger partial charge in [0.05, 0.1) is 19.6 Å². The summed E-state index contributed by atoms with van der Waals surface area (Å²) in [5.74, 6) is 1.51. The van der Waals surface area contributed by atoms with Crippen LogP contribution < -0.4 is 9.80 Å². The van der Waals surface area contributed by atoms with Gasteiger partial charge in [-0.05, 0) is 36.6 Å². The van der Waals surface area contributed by atoms with E-state index in [1.54, 1.807) is 6.20 Å². The molecule has 6 heteroatoms. The van der Waals surface area contributed by atoms with Crippen molar-refractivity contribution in [1.82, 2.24) is 9.97 Å². The van der Waals surface area contributed by atoms with E-state index in [0.717, 1.165) is 37.6 Å². The molecule has 0 bridgehead atoms. The van der Waals surface area contributed by atoms with Crippen molar-refractivity contribution in [3.63, 3.8) is 0 Å². The van der Waals surface area contributed by atoms with Gasteiger partial charge in [0.25, 0.3) is 0 Å². The average molecular weight is 338 g/mol. The molecule has 2 aliphatic heterocycles. The molecule has 0 N–H and O–H groups in total. The van der Waals surface area contributed by atoms with Gasteiger partial charge < -0.3 is 14.5 Å². The Morgan fingerprint density at radius 3 is 2.88 bits per heavy atom. The molecule has 0 unspecified atom stereocenters. The van der Waals surface area contributed by atoms with Gasteiger partial charge in [-0.1, -0.05) is 12.1 Å². The van der Waals surface area contributed by atoms with Crippen molar-refractivity contribution in [2.75, 3.05) is 42.6 Å². The van der Waals surface area contributed by atoms with E-state index in [1.165, 1.54) is 11.1 Å². The third-order valence-corrected chi connectivity index (χ3v) is 4.90. The molecule has 0 atom stereocenters. The highest BCUT2D eigenvalue weighted by molar-refractivity contribution is 5.96. The second-order valence-electron chi connectivity index (χ2n) is 6.48. The monoisotopic (exact) mass is 338 g/mol. The molecule has 2 aliphatic rings.